The number of anilines is 3. The summed E-state index contributed by atoms with van der Waals surface area (Å²) in [5.74, 6) is 0. The first-order valence-electron chi connectivity index (χ1n) is 14.0. The molecule has 2 aliphatic heterocycles. The fraction of sp³-hybridized carbons (Fsp3) is 0.290. The van der Waals surface area contributed by atoms with Gasteiger partial charge >= 0.3 is 0 Å². The lowest BCUT2D eigenvalue weighted by Crippen LogP contribution is -2.48. The highest BCUT2D eigenvalue weighted by Crippen LogP contribution is 2.37. The molecule has 2 aromatic carbocycles. The van der Waals surface area contributed by atoms with E-state index in [0.29, 0.717) is 32.9 Å². The molecule has 1 atom stereocenters. The summed E-state index contributed by atoms with van der Waals surface area (Å²) in [6, 6.07) is 14.3. The Kier molecular flexibility index (Phi) is 8.43. The normalized spacial score (nSPS) is 16.6. The first-order chi connectivity index (χ1) is 20.4. The number of piperidine rings is 1. The van der Waals surface area contributed by atoms with Crippen LogP contribution >= 0.6 is 34.5 Å². The van der Waals surface area contributed by atoms with E-state index < -0.39 is 0 Å². The Morgan fingerprint density at radius 1 is 1.14 bits per heavy atom. The zero-order chi connectivity index (χ0) is 29.2. The minimum Gasteiger partial charge on any atom is -0.373 e. The molecule has 0 saturated carbocycles. The molecule has 42 heavy (non-hydrogen) atoms. The molecule has 0 spiro atoms. The number of benzene rings is 2. The van der Waals surface area contributed by atoms with Gasteiger partial charge in [0.15, 0.2) is 0 Å². The highest BCUT2D eigenvalue weighted by Gasteiger charge is 2.29. The van der Waals surface area contributed by atoms with Gasteiger partial charge in [0, 0.05) is 53.3 Å². The number of likely N-dealkylation sites (tertiary alicyclic amines) is 1. The van der Waals surface area contributed by atoms with E-state index in [1.54, 1.807) is 17.5 Å². The summed E-state index contributed by atoms with van der Waals surface area (Å²) in [6.45, 7) is 7.48. The largest absolute Gasteiger partial charge is 0.373 e. The van der Waals surface area contributed by atoms with Crippen LogP contribution in [0.5, 0.6) is 0 Å². The molecule has 0 unspecified atom stereocenters. The molecule has 2 aliphatic rings. The van der Waals surface area contributed by atoms with Gasteiger partial charge in [0.25, 0.3) is 0 Å². The first-order valence-corrected chi connectivity index (χ1v) is 15.7. The van der Waals surface area contributed by atoms with E-state index in [0.717, 1.165) is 66.1 Å². The molecule has 6 rings (SSSR count). The van der Waals surface area contributed by atoms with Crippen LogP contribution in [0.3, 0.4) is 0 Å². The van der Waals surface area contributed by atoms with Crippen LogP contribution in [0.2, 0.25) is 10.0 Å². The summed E-state index contributed by atoms with van der Waals surface area (Å²) in [5, 5.41) is 25.3. The van der Waals surface area contributed by atoms with E-state index in [1.165, 1.54) is 0 Å². The number of nitrogens with zero attached hydrogens (tertiary/aromatic N) is 4. The lowest BCUT2D eigenvalue weighted by atomic mass is 10.0. The van der Waals surface area contributed by atoms with Gasteiger partial charge in [-0.3, -0.25) is 9.99 Å². The number of rotatable bonds is 8. The zero-order valence-electron chi connectivity index (χ0n) is 23.4. The second-order valence-corrected chi connectivity index (χ2v) is 12.2. The second-order valence-electron chi connectivity index (χ2n) is 10.6. The van der Waals surface area contributed by atoms with Crippen LogP contribution in [-0.4, -0.2) is 40.6 Å². The highest BCUT2D eigenvalue weighted by molar-refractivity contribution is 7.08. The van der Waals surface area contributed by atoms with Crippen molar-refractivity contribution >= 4 is 62.5 Å². The molecule has 1 fully saturated rings. The summed E-state index contributed by atoms with van der Waals surface area (Å²) < 4.78 is 0. The third-order valence-electron chi connectivity index (χ3n) is 7.99. The van der Waals surface area contributed by atoms with Gasteiger partial charge in [-0.15, -0.1) is 5.53 Å². The molecule has 0 bridgehead atoms. The molecular formula is C31H32Cl2N8S. The number of hydrogen-bond acceptors (Lipinski definition) is 9. The fourth-order valence-corrected chi connectivity index (χ4v) is 6.66. The molecule has 0 aliphatic carbocycles. The predicted octanol–water partition coefficient (Wildman–Crippen LogP) is 7.33. The van der Waals surface area contributed by atoms with E-state index >= 15 is 0 Å². The van der Waals surface area contributed by atoms with Crippen molar-refractivity contribution in [2.24, 2.45) is 0 Å². The van der Waals surface area contributed by atoms with Crippen molar-refractivity contribution in [2.75, 3.05) is 30.3 Å². The Morgan fingerprint density at radius 3 is 2.67 bits per heavy atom. The number of hydrogen-bond donors (Lipinski definition) is 4. The van der Waals surface area contributed by atoms with Crippen LogP contribution in [-0.2, 0) is 0 Å². The molecule has 8 nitrogen and oxygen atoms in total. The standard InChI is InChI=1S/C31H32Cl2N8S/c1-3-40-9-6-24(7-10-40)41-17-28(38-39-41)30(20-8-11-42-18-20)37-23-12-25-29(36-22-5-4-19(2)26(32)13-22)21(15-34)16-35-31(25)27(33)14-23/h4-5,8,11-14,16-18,24,30,37-39H,3,6-7,9-10H2,1-2H3,(H,35,36)/t30-/m0/s1. The predicted molar refractivity (Wildman–Crippen MR) is 173 cm³/mol. The van der Waals surface area contributed by atoms with Gasteiger partial charge < -0.3 is 21.0 Å². The van der Waals surface area contributed by atoms with E-state index in [2.05, 4.69) is 72.5 Å². The smallest absolute Gasteiger partial charge is 0.103 e. The monoisotopic (exact) mass is 618 g/mol. The Bertz CT molecular complexity index is 1660. The van der Waals surface area contributed by atoms with Crippen LogP contribution in [0.15, 0.2) is 65.3 Å². The number of aryl methyl sites for hydroxylation is 1. The SMILES string of the molecule is CCN1CCC(N2C=C([C@@H](Nc3cc(Cl)c4ncc(C#N)c(Nc5ccc(C)c(Cl)c5)c4c3)c3ccsc3)NN2)CC1. The molecule has 11 heteroatoms. The van der Waals surface area contributed by atoms with Crippen LogP contribution in [0, 0.1) is 18.3 Å². The van der Waals surface area contributed by atoms with Crippen molar-refractivity contribution in [2.45, 2.75) is 38.8 Å². The van der Waals surface area contributed by atoms with Crippen LogP contribution in [0.1, 0.15) is 42.5 Å². The number of aromatic nitrogens is 1. The summed E-state index contributed by atoms with van der Waals surface area (Å²) >= 11 is 14.9. The summed E-state index contributed by atoms with van der Waals surface area (Å²) in [5.41, 5.74) is 13.2. The molecule has 216 valence electrons. The average Bonchev–Trinajstić information content (AvgIpc) is 3.72. The molecule has 0 amide bonds. The number of nitrogens with one attached hydrogen (secondary N) is 4. The molecule has 2 aromatic heterocycles. The summed E-state index contributed by atoms with van der Waals surface area (Å²) in [4.78, 5) is 7.01. The molecule has 4 N–H and O–H groups in total. The first kappa shape index (κ1) is 28.6. The van der Waals surface area contributed by atoms with Gasteiger partial charge in [0.2, 0.25) is 0 Å². The number of thiophene rings is 1. The lowest BCUT2D eigenvalue weighted by Gasteiger charge is -2.35. The van der Waals surface area contributed by atoms with Gasteiger partial charge in [0.05, 0.1) is 33.5 Å². The van der Waals surface area contributed by atoms with Gasteiger partial charge in [-0.1, -0.05) is 36.2 Å². The minimum absolute atomic E-state index is 0.155. The van der Waals surface area contributed by atoms with E-state index in [4.69, 9.17) is 23.2 Å². The molecular weight excluding hydrogens is 587 g/mol. The maximum absolute atomic E-state index is 9.93. The van der Waals surface area contributed by atoms with Crippen LogP contribution in [0.4, 0.5) is 17.1 Å². The Balaban J connectivity index is 1.34. The third kappa shape index (κ3) is 5.87. The number of nitriles is 1. The molecule has 4 heterocycles. The van der Waals surface area contributed by atoms with Crippen LogP contribution in [0.25, 0.3) is 10.9 Å². The van der Waals surface area contributed by atoms with Gasteiger partial charge in [-0.05, 0) is 78.5 Å². The minimum atomic E-state index is -0.155. The van der Waals surface area contributed by atoms with Crippen molar-refractivity contribution in [1.29, 1.82) is 5.26 Å². The van der Waals surface area contributed by atoms with E-state index in [9.17, 15) is 5.26 Å². The van der Waals surface area contributed by atoms with E-state index in [1.807, 2.05) is 37.3 Å². The topological polar surface area (TPSA) is 91.3 Å². The Labute approximate surface area is 259 Å². The lowest BCUT2D eigenvalue weighted by molar-refractivity contribution is 0.112. The maximum Gasteiger partial charge on any atom is 0.103 e. The summed E-state index contributed by atoms with van der Waals surface area (Å²) in [7, 11) is 0. The van der Waals surface area contributed by atoms with Crippen molar-refractivity contribution < 1.29 is 0 Å². The Morgan fingerprint density at radius 2 is 1.95 bits per heavy atom. The van der Waals surface area contributed by atoms with Crippen molar-refractivity contribution in [1.82, 2.24) is 25.9 Å². The van der Waals surface area contributed by atoms with Crippen LogP contribution < -0.4 is 21.6 Å². The molecule has 0 radical (unpaired) electrons. The van der Waals surface area contributed by atoms with Gasteiger partial charge in [-0.25, -0.2) is 0 Å². The molecule has 4 aromatic rings. The van der Waals surface area contributed by atoms with Gasteiger partial charge in [-0.2, -0.15) is 16.6 Å². The molecule has 1 saturated heterocycles. The number of hydrazine groups is 2. The number of pyridine rings is 1. The fourth-order valence-electron chi connectivity index (χ4n) is 5.52. The van der Waals surface area contributed by atoms with Crippen molar-refractivity contribution in [3.05, 3.63) is 92.0 Å². The van der Waals surface area contributed by atoms with Gasteiger partial charge in [0.1, 0.15) is 6.07 Å². The summed E-state index contributed by atoms with van der Waals surface area (Å²) in [6.07, 6.45) is 5.94. The Hall–Kier alpha value is -3.52. The average molecular weight is 620 g/mol. The zero-order valence-corrected chi connectivity index (χ0v) is 25.7. The highest BCUT2D eigenvalue weighted by atomic mass is 35.5. The maximum atomic E-state index is 9.93. The third-order valence-corrected chi connectivity index (χ3v) is 9.39. The number of halogens is 2. The van der Waals surface area contributed by atoms with Crippen molar-refractivity contribution in [3.63, 3.8) is 0 Å². The number of fused-ring (bicyclic) bond motifs is 1. The second kappa shape index (κ2) is 12.4. The van der Waals surface area contributed by atoms with E-state index in [-0.39, 0.29) is 6.04 Å². The quantitative estimate of drug-likeness (QED) is 0.163. The van der Waals surface area contributed by atoms with Crippen molar-refractivity contribution in [3.8, 4) is 6.07 Å².